The minimum atomic E-state index is 0.228. The van der Waals surface area contributed by atoms with Crippen LogP contribution in [0.3, 0.4) is 0 Å². The third kappa shape index (κ3) is 7.61. The van der Waals surface area contributed by atoms with Gasteiger partial charge in [-0.2, -0.15) is 20.2 Å². The Morgan fingerprint density at radius 1 is 0.667 bits per heavy atom. The van der Waals surface area contributed by atoms with Gasteiger partial charge in [0.05, 0.1) is 10.1 Å². The molecule has 1 fully saturated rings. The van der Waals surface area contributed by atoms with Crippen LogP contribution >= 0.6 is 46.2 Å². The van der Waals surface area contributed by atoms with Gasteiger partial charge in [0, 0.05) is 26.2 Å². The van der Waals surface area contributed by atoms with Crippen molar-refractivity contribution in [2.24, 2.45) is 20.2 Å². The minimum absolute atomic E-state index is 0.228. The quantitative estimate of drug-likeness (QED) is 0.246. The molecule has 5 heterocycles. The number of hydrogen-bond acceptors (Lipinski definition) is 12. The Balaban J connectivity index is 1.40. The maximum Gasteiger partial charge on any atom is 0.234 e. The molecule has 2 unspecified atom stereocenters. The zero-order valence-electron chi connectivity index (χ0n) is 25.2. The molecule has 16 heteroatoms. The molecule has 0 bridgehead atoms. The Hall–Kier alpha value is -2.30. The van der Waals surface area contributed by atoms with E-state index in [0.717, 1.165) is 96.7 Å². The SMILES string of the molecule is CCCCC1SC(C)=NN1C(=Nc1nnc(C)s1)N1CCN(C(=Nc2nnc(C)s2)N2N=C(C)SC2CCCC)CC1. The molecule has 0 aliphatic carbocycles. The predicted molar refractivity (Wildman–Crippen MR) is 178 cm³/mol. The second-order valence-electron chi connectivity index (χ2n) is 10.4. The third-order valence-electron chi connectivity index (χ3n) is 6.94. The summed E-state index contributed by atoms with van der Waals surface area (Å²) in [5.41, 5.74) is 0. The third-order valence-corrected chi connectivity index (χ3v) is 10.7. The van der Waals surface area contributed by atoms with Gasteiger partial charge in [0.25, 0.3) is 0 Å². The molecule has 0 amide bonds. The van der Waals surface area contributed by atoms with Crippen molar-refractivity contribution >= 4 is 78.5 Å². The fourth-order valence-corrected chi connectivity index (χ4v) is 8.13. The van der Waals surface area contributed by atoms with Crippen molar-refractivity contribution in [1.29, 1.82) is 0 Å². The molecule has 0 aromatic carbocycles. The van der Waals surface area contributed by atoms with Crippen LogP contribution in [0.2, 0.25) is 0 Å². The van der Waals surface area contributed by atoms with Gasteiger partial charge in [0.1, 0.15) is 20.8 Å². The second kappa shape index (κ2) is 14.4. The number of nitrogens with zero attached hydrogens (tertiary/aromatic N) is 12. The standard InChI is InChI=1S/C26H40N12S4/c1-7-9-11-21-37(33-19(5)39-21)25(27-23-31-29-17(3)41-23)35-13-15-36(16-14-35)26(28-24-32-30-18(4)42-24)38-22(12-10-8-2)40-20(6)34-38/h21-22H,7-16H2,1-6H3. The number of aryl methyl sites for hydroxylation is 2. The predicted octanol–water partition coefficient (Wildman–Crippen LogP) is 6.10. The van der Waals surface area contributed by atoms with Crippen molar-refractivity contribution in [3.63, 3.8) is 0 Å². The highest BCUT2D eigenvalue weighted by atomic mass is 32.2. The number of guanidine groups is 2. The highest BCUT2D eigenvalue weighted by molar-refractivity contribution is 8.14. The number of hydrazone groups is 2. The van der Waals surface area contributed by atoms with Crippen LogP contribution in [0, 0.1) is 13.8 Å². The van der Waals surface area contributed by atoms with E-state index < -0.39 is 0 Å². The molecular weight excluding hydrogens is 609 g/mol. The summed E-state index contributed by atoms with van der Waals surface area (Å²) in [6, 6.07) is 0. The lowest BCUT2D eigenvalue weighted by Gasteiger charge is -2.41. The lowest BCUT2D eigenvalue weighted by Crippen LogP contribution is -2.57. The van der Waals surface area contributed by atoms with Crippen LogP contribution in [0.15, 0.2) is 20.2 Å². The molecule has 2 atom stereocenters. The van der Waals surface area contributed by atoms with Crippen LogP contribution in [-0.4, -0.2) is 99.1 Å². The molecule has 2 aromatic rings. The molecule has 3 aliphatic heterocycles. The molecule has 0 N–H and O–H groups in total. The van der Waals surface area contributed by atoms with Gasteiger partial charge in [-0.1, -0.05) is 85.7 Å². The normalized spacial score (nSPS) is 22.0. The van der Waals surface area contributed by atoms with Crippen LogP contribution in [-0.2, 0) is 0 Å². The van der Waals surface area contributed by atoms with Crippen molar-refractivity contribution < 1.29 is 0 Å². The van der Waals surface area contributed by atoms with Crippen molar-refractivity contribution in [3.05, 3.63) is 10.0 Å². The van der Waals surface area contributed by atoms with Crippen LogP contribution in [0.25, 0.3) is 0 Å². The van der Waals surface area contributed by atoms with E-state index in [-0.39, 0.29) is 10.7 Å². The number of thioether (sulfide) groups is 2. The summed E-state index contributed by atoms with van der Waals surface area (Å²) in [4.78, 5) is 14.8. The fourth-order valence-electron chi connectivity index (χ4n) is 4.91. The molecule has 2 aromatic heterocycles. The lowest BCUT2D eigenvalue weighted by molar-refractivity contribution is 0.206. The summed E-state index contributed by atoms with van der Waals surface area (Å²) in [6.45, 7) is 15.6. The maximum absolute atomic E-state index is 5.04. The molecule has 228 valence electrons. The number of unbranched alkanes of at least 4 members (excludes halogenated alkanes) is 2. The summed E-state index contributed by atoms with van der Waals surface area (Å²) in [6.07, 6.45) is 6.70. The first-order chi connectivity index (χ1) is 20.3. The van der Waals surface area contributed by atoms with Gasteiger partial charge in [0.2, 0.25) is 22.2 Å². The van der Waals surface area contributed by atoms with E-state index in [4.69, 9.17) is 20.2 Å². The number of hydrogen-bond donors (Lipinski definition) is 0. The number of rotatable bonds is 8. The van der Waals surface area contributed by atoms with E-state index >= 15 is 0 Å². The Morgan fingerprint density at radius 3 is 1.40 bits per heavy atom. The lowest BCUT2D eigenvalue weighted by atomic mass is 10.2. The van der Waals surface area contributed by atoms with Crippen molar-refractivity contribution in [1.82, 2.24) is 40.2 Å². The number of piperazine rings is 1. The summed E-state index contributed by atoms with van der Waals surface area (Å²) >= 11 is 6.67. The van der Waals surface area contributed by atoms with Crippen LogP contribution in [0.1, 0.15) is 76.2 Å². The van der Waals surface area contributed by atoms with Gasteiger partial charge in [-0.3, -0.25) is 0 Å². The minimum Gasteiger partial charge on any atom is -0.337 e. The zero-order chi connectivity index (χ0) is 29.6. The molecule has 0 radical (unpaired) electrons. The summed E-state index contributed by atoms with van der Waals surface area (Å²) in [5, 5.41) is 36.9. The topological polar surface area (TPSA) is 114 Å². The molecular formula is C26H40N12S4. The first-order valence-corrected chi connectivity index (χ1v) is 18.0. The monoisotopic (exact) mass is 648 g/mol. The van der Waals surface area contributed by atoms with Crippen LogP contribution in [0.5, 0.6) is 0 Å². The average molecular weight is 649 g/mol. The van der Waals surface area contributed by atoms with E-state index in [1.54, 1.807) is 0 Å². The Morgan fingerprint density at radius 2 is 1.07 bits per heavy atom. The van der Waals surface area contributed by atoms with Crippen LogP contribution < -0.4 is 0 Å². The van der Waals surface area contributed by atoms with Crippen molar-refractivity contribution in [2.75, 3.05) is 26.2 Å². The van der Waals surface area contributed by atoms with E-state index in [1.807, 2.05) is 37.4 Å². The van der Waals surface area contributed by atoms with Gasteiger partial charge >= 0.3 is 0 Å². The van der Waals surface area contributed by atoms with E-state index in [0.29, 0.717) is 10.3 Å². The van der Waals surface area contributed by atoms with Crippen molar-refractivity contribution in [3.8, 4) is 0 Å². The van der Waals surface area contributed by atoms with Gasteiger partial charge < -0.3 is 9.80 Å². The van der Waals surface area contributed by atoms with E-state index in [1.165, 1.54) is 22.7 Å². The molecule has 5 rings (SSSR count). The van der Waals surface area contributed by atoms with E-state index in [9.17, 15) is 0 Å². The molecule has 1 saturated heterocycles. The molecule has 0 spiro atoms. The largest absolute Gasteiger partial charge is 0.337 e. The Labute approximate surface area is 264 Å². The van der Waals surface area contributed by atoms with Gasteiger partial charge in [-0.15, -0.1) is 20.4 Å². The smallest absolute Gasteiger partial charge is 0.234 e. The van der Waals surface area contributed by atoms with E-state index in [2.05, 4.69) is 67.9 Å². The second-order valence-corrected chi connectivity index (χ2v) is 15.4. The van der Waals surface area contributed by atoms with Gasteiger partial charge in [0.15, 0.2) is 0 Å². The molecule has 42 heavy (non-hydrogen) atoms. The molecule has 12 nitrogen and oxygen atoms in total. The molecule has 0 saturated carbocycles. The Bertz CT molecular complexity index is 1230. The van der Waals surface area contributed by atoms with Gasteiger partial charge in [-0.25, -0.2) is 10.0 Å². The Kier molecular flexibility index (Phi) is 10.7. The number of aliphatic imine (C=N–C) groups is 2. The summed E-state index contributed by atoms with van der Waals surface area (Å²) in [5.74, 6) is 1.70. The average Bonchev–Trinajstić information content (AvgIpc) is 3.76. The highest BCUT2D eigenvalue weighted by Crippen LogP contribution is 2.34. The summed E-state index contributed by atoms with van der Waals surface area (Å²) < 4.78 is 0. The summed E-state index contributed by atoms with van der Waals surface area (Å²) in [7, 11) is 0. The van der Waals surface area contributed by atoms with Gasteiger partial charge in [-0.05, 0) is 40.5 Å². The zero-order valence-corrected chi connectivity index (χ0v) is 28.5. The van der Waals surface area contributed by atoms with Crippen molar-refractivity contribution in [2.45, 2.75) is 90.8 Å². The van der Waals surface area contributed by atoms with Crippen LogP contribution in [0.4, 0.5) is 10.3 Å². The maximum atomic E-state index is 5.04. The highest BCUT2D eigenvalue weighted by Gasteiger charge is 2.37. The first-order valence-electron chi connectivity index (χ1n) is 14.6. The fraction of sp³-hybridized carbons (Fsp3) is 0.692. The molecule has 3 aliphatic rings. The number of aromatic nitrogens is 4. The first kappa shape index (κ1) is 31.1.